The molecule has 188 valence electrons. The fourth-order valence-corrected chi connectivity index (χ4v) is 5.37. The van der Waals surface area contributed by atoms with Crippen LogP contribution in [0.5, 0.6) is 0 Å². The molecule has 4 aromatic carbocycles. The highest BCUT2D eigenvalue weighted by atomic mass is 15.0. The van der Waals surface area contributed by atoms with E-state index in [9.17, 15) is 0 Å². The Balaban J connectivity index is 1.48. The maximum atomic E-state index is 2.39. The summed E-state index contributed by atoms with van der Waals surface area (Å²) in [5.74, 6) is 0. The highest BCUT2D eigenvalue weighted by Crippen LogP contribution is 2.30. The second-order valence-corrected chi connectivity index (χ2v) is 10.0. The second-order valence-electron chi connectivity index (χ2n) is 10.0. The molecule has 0 radical (unpaired) electrons. The summed E-state index contributed by atoms with van der Waals surface area (Å²) in [5.41, 5.74) is 12.4. The highest BCUT2D eigenvalue weighted by molar-refractivity contribution is 5.74. The van der Waals surface area contributed by atoms with E-state index < -0.39 is 0 Å². The Hall–Kier alpha value is -4.82. The number of pyridine rings is 2. The van der Waals surface area contributed by atoms with Gasteiger partial charge in [0.1, 0.15) is 7.05 Å². The molecule has 2 heterocycles. The molecule has 0 amide bonds. The summed E-state index contributed by atoms with van der Waals surface area (Å²) in [4.78, 5) is 0. The molecule has 0 saturated heterocycles. The van der Waals surface area contributed by atoms with Gasteiger partial charge in [0.25, 0.3) is 0 Å². The monoisotopic (exact) mass is 504 g/mol. The van der Waals surface area contributed by atoms with Gasteiger partial charge in [-0.1, -0.05) is 91.0 Å². The van der Waals surface area contributed by atoms with Crippen LogP contribution in [0, 0.1) is 6.92 Å². The van der Waals surface area contributed by atoms with Crippen molar-refractivity contribution in [3.8, 4) is 44.8 Å². The molecular formula is C37H32N2+2. The Morgan fingerprint density at radius 3 is 1.82 bits per heavy atom. The molecule has 0 aliphatic rings. The minimum atomic E-state index is 0.773. The van der Waals surface area contributed by atoms with Gasteiger partial charge in [-0.05, 0) is 52.9 Å². The van der Waals surface area contributed by atoms with Crippen molar-refractivity contribution in [1.29, 1.82) is 0 Å². The van der Waals surface area contributed by atoms with Gasteiger partial charge < -0.3 is 0 Å². The molecule has 0 unspecified atom stereocenters. The van der Waals surface area contributed by atoms with Gasteiger partial charge in [-0.15, -0.1) is 0 Å². The molecule has 6 rings (SSSR count). The number of benzene rings is 4. The van der Waals surface area contributed by atoms with Gasteiger partial charge >= 0.3 is 0 Å². The normalized spacial score (nSPS) is 10.9. The molecule has 39 heavy (non-hydrogen) atoms. The minimum absolute atomic E-state index is 0.773. The van der Waals surface area contributed by atoms with Crippen molar-refractivity contribution in [2.45, 2.75) is 13.5 Å². The van der Waals surface area contributed by atoms with Crippen LogP contribution < -0.4 is 9.13 Å². The van der Waals surface area contributed by atoms with E-state index in [1.54, 1.807) is 0 Å². The topological polar surface area (TPSA) is 7.76 Å². The molecule has 0 atom stereocenters. The molecule has 0 N–H and O–H groups in total. The molecule has 0 aliphatic carbocycles. The van der Waals surface area contributed by atoms with Crippen LogP contribution in [0.3, 0.4) is 0 Å². The average Bonchev–Trinajstić information content (AvgIpc) is 2.99. The van der Waals surface area contributed by atoms with E-state index in [1.165, 1.54) is 55.9 Å². The first-order chi connectivity index (χ1) is 19.2. The zero-order chi connectivity index (χ0) is 26.6. The molecule has 0 aliphatic heterocycles. The molecule has 2 nitrogen and oxygen atoms in total. The van der Waals surface area contributed by atoms with Crippen LogP contribution in [0.2, 0.25) is 0 Å². The van der Waals surface area contributed by atoms with Crippen LogP contribution in [0.4, 0.5) is 0 Å². The number of hydrogen-bond donors (Lipinski definition) is 0. The van der Waals surface area contributed by atoms with Crippen LogP contribution in [-0.2, 0) is 13.6 Å². The first-order valence-electron chi connectivity index (χ1n) is 13.5. The third-order valence-electron chi connectivity index (χ3n) is 7.44. The van der Waals surface area contributed by atoms with E-state index in [-0.39, 0.29) is 0 Å². The third-order valence-corrected chi connectivity index (χ3v) is 7.44. The molecule has 2 heteroatoms. The largest absolute Gasteiger partial charge is 0.213 e. The predicted molar refractivity (Wildman–Crippen MR) is 160 cm³/mol. The quantitative estimate of drug-likeness (QED) is 0.204. The van der Waals surface area contributed by atoms with Crippen LogP contribution in [-0.4, -0.2) is 0 Å². The van der Waals surface area contributed by atoms with Gasteiger partial charge in [0, 0.05) is 35.4 Å². The molecule has 0 bridgehead atoms. The second kappa shape index (κ2) is 10.9. The van der Waals surface area contributed by atoms with E-state index >= 15 is 0 Å². The van der Waals surface area contributed by atoms with E-state index in [2.05, 4.69) is 169 Å². The summed E-state index contributed by atoms with van der Waals surface area (Å²) in [7, 11) is 2.11. The number of hydrogen-bond acceptors (Lipinski definition) is 0. The van der Waals surface area contributed by atoms with Crippen molar-refractivity contribution in [1.82, 2.24) is 0 Å². The smallest absolute Gasteiger partial charge is 0.201 e. The third kappa shape index (κ3) is 5.15. The van der Waals surface area contributed by atoms with E-state index in [4.69, 9.17) is 0 Å². The van der Waals surface area contributed by atoms with Gasteiger partial charge in [0.2, 0.25) is 11.4 Å². The lowest BCUT2D eigenvalue weighted by Crippen LogP contribution is -2.37. The molecule has 0 spiro atoms. The van der Waals surface area contributed by atoms with Crippen LogP contribution in [0.25, 0.3) is 44.8 Å². The maximum absolute atomic E-state index is 2.39. The fraction of sp³-hybridized carbons (Fsp3) is 0.0811. The zero-order valence-electron chi connectivity index (χ0n) is 22.5. The summed E-state index contributed by atoms with van der Waals surface area (Å²) < 4.78 is 4.58. The van der Waals surface area contributed by atoms with Gasteiger partial charge in [-0.3, -0.25) is 0 Å². The lowest BCUT2D eigenvalue weighted by molar-refractivity contribution is -0.677. The van der Waals surface area contributed by atoms with Crippen molar-refractivity contribution < 1.29 is 9.13 Å². The van der Waals surface area contributed by atoms with E-state index in [0.29, 0.717) is 0 Å². The van der Waals surface area contributed by atoms with E-state index in [0.717, 1.165) is 6.54 Å². The molecule has 0 fully saturated rings. The Kier molecular flexibility index (Phi) is 6.84. The average molecular weight is 505 g/mol. The Bertz CT molecular complexity index is 1740. The summed E-state index contributed by atoms with van der Waals surface area (Å²) in [6, 6.07) is 47.8. The van der Waals surface area contributed by atoms with Gasteiger partial charge in [-0.25, -0.2) is 4.57 Å². The number of aromatic nitrogens is 2. The lowest BCUT2D eigenvalue weighted by Gasteiger charge is -2.12. The first-order valence-corrected chi connectivity index (χ1v) is 13.5. The first kappa shape index (κ1) is 24.5. The maximum Gasteiger partial charge on any atom is 0.213 e. The van der Waals surface area contributed by atoms with Gasteiger partial charge in [0.15, 0.2) is 18.9 Å². The summed E-state index contributed by atoms with van der Waals surface area (Å²) in [6.45, 7) is 2.99. The van der Waals surface area contributed by atoms with E-state index in [1.807, 2.05) is 0 Å². The summed E-state index contributed by atoms with van der Waals surface area (Å²) in [6.07, 6.45) is 4.35. The van der Waals surface area contributed by atoms with Crippen molar-refractivity contribution in [2.24, 2.45) is 7.05 Å². The van der Waals surface area contributed by atoms with Crippen LogP contribution >= 0.6 is 0 Å². The summed E-state index contributed by atoms with van der Waals surface area (Å²) >= 11 is 0. The predicted octanol–water partition coefficient (Wildman–Crippen LogP) is 7.82. The van der Waals surface area contributed by atoms with Crippen LogP contribution in [0.1, 0.15) is 11.1 Å². The SMILES string of the molecule is Cc1cc(-c2ccccc2)ccc1-c1cc(-c2ccccc2)cc[n+]1Cc1ccccc1-c1cccc[n+]1C. The van der Waals surface area contributed by atoms with Crippen molar-refractivity contribution in [2.75, 3.05) is 0 Å². The molecule has 6 aromatic rings. The lowest BCUT2D eigenvalue weighted by atomic mass is 9.96. The highest BCUT2D eigenvalue weighted by Gasteiger charge is 2.21. The molecular weight excluding hydrogens is 472 g/mol. The Morgan fingerprint density at radius 1 is 0.487 bits per heavy atom. The Morgan fingerprint density at radius 2 is 1.13 bits per heavy atom. The Labute approximate surface area is 231 Å². The minimum Gasteiger partial charge on any atom is -0.201 e. The zero-order valence-corrected chi connectivity index (χ0v) is 22.5. The van der Waals surface area contributed by atoms with Gasteiger partial charge in [-0.2, -0.15) is 4.57 Å². The number of nitrogens with zero attached hydrogens (tertiary/aromatic N) is 2. The van der Waals surface area contributed by atoms with Crippen molar-refractivity contribution in [3.63, 3.8) is 0 Å². The molecule has 0 saturated carbocycles. The molecule has 2 aromatic heterocycles. The van der Waals surface area contributed by atoms with Crippen molar-refractivity contribution >= 4 is 0 Å². The van der Waals surface area contributed by atoms with Crippen LogP contribution in [0.15, 0.2) is 146 Å². The summed E-state index contributed by atoms with van der Waals surface area (Å²) in [5, 5.41) is 0. The standard InChI is InChI=1S/C37H32N2/c1-28-25-31(29-13-5-3-6-14-29)20-21-34(28)37-26-32(30-15-7-4-8-16-30)22-24-39(37)27-33-17-9-10-18-35(33)36-19-11-12-23-38(36)2/h3-26H,27H2,1-2H3/q+2. The fourth-order valence-electron chi connectivity index (χ4n) is 5.37. The van der Waals surface area contributed by atoms with Crippen molar-refractivity contribution in [3.05, 3.63) is 157 Å². The number of aryl methyl sites for hydroxylation is 2. The number of rotatable bonds is 6. The van der Waals surface area contributed by atoms with Gasteiger partial charge in [0.05, 0.1) is 5.56 Å².